The highest BCUT2D eigenvalue weighted by Crippen LogP contribution is 2.32. The first-order valence-corrected chi connectivity index (χ1v) is 10.1. The molecule has 1 aromatic carbocycles. The molecule has 0 atom stereocenters. The molecule has 6 nitrogen and oxygen atoms in total. The molecule has 1 aliphatic rings. The number of nitrogens with zero attached hydrogens (tertiary/aromatic N) is 2. The minimum absolute atomic E-state index is 0.0261. The van der Waals surface area contributed by atoms with Gasteiger partial charge < -0.3 is 15.2 Å². The van der Waals surface area contributed by atoms with E-state index >= 15 is 0 Å². The number of piperidine rings is 1. The zero-order valence-electron chi connectivity index (χ0n) is 16.9. The monoisotopic (exact) mass is 390 g/mol. The summed E-state index contributed by atoms with van der Waals surface area (Å²) in [7, 11) is 0. The highest BCUT2D eigenvalue weighted by molar-refractivity contribution is 5.96. The van der Waals surface area contributed by atoms with Crippen LogP contribution in [0.15, 0.2) is 42.7 Å². The summed E-state index contributed by atoms with van der Waals surface area (Å²) in [6.45, 7) is 5.37. The van der Waals surface area contributed by atoms with Crippen LogP contribution in [0, 0.1) is 13.8 Å². The van der Waals surface area contributed by atoms with E-state index < -0.39 is 0 Å². The molecule has 1 saturated heterocycles. The Morgan fingerprint density at radius 1 is 1.17 bits per heavy atom. The number of carbonyl (C=O) groups is 2. The quantitative estimate of drug-likeness (QED) is 0.717. The molecule has 2 aromatic heterocycles. The van der Waals surface area contributed by atoms with Crippen molar-refractivity contribution >= 4 is 22.8 Å². The van der Waals surface area contributed by atoms with Gasteiger partial charge in [0, 0.05) is 36.4 Å². The third kappa shape index (κ3) is 4.16. The van der Waals surface area contributed by atoms with Crippen LogP contribution in [0.2, 0.25) is 0 Å². The van der Waals surface area contributed by atoms with Crippen LogP contribution in [0.1, 0.15) is 45.8 Å². The second kappa shape index (κ2) is 8.07. The van der Waals surface area contributed by atoms with Gasteiger partial charge >= 0.3 is 0 Å². The molecule has 150 valence electrons. The number of rotatable bonds is 4. The first-order chi connectivity index (χ1) is 14.0. The number of hydrogen-bond acceptors (Lipinski definition) is 3. The van der Waals surface area contributed by atoms with Gasteiger partial charge in [0.2, 0.25) is 5.91 Å². The zero-order valence-corrected chi connectivity index (χ0v) is 16.9. The maximum Gasteiger partial charge on any atom is 0.251 e. The topological polar surface area (TPSA) is 78.1 Å². The van der Waals surface area contributed by atoms with Gasteiger partial charge in [-0.3, -0.25) is 9.59 Å². The number of hydrogen-bond donors (Lipinski definition) is 2. The molecule has 0 spiro atoms. The van der Waals surface area contributed by atoms with E-state index in [-0.39, 0.29) is 18.4 Å². The van der Waals surface area contributed by atoms with Gasteiger partial charge in [-0.15, -0.1) is 0 Å². The van der Waals surface area contributed by atoms with E-state index in [1.807, 2.05) is 49.2 Å². The van der Waals surface area contributed by atoms with Gasteiger partial charge in [-0.25, -0.2) is 4.98 Å². The minimum atomic E-state index is -0.202. The smallest absolute Gasteiger partial charge is 0.251 e. The second-order valence-electron chi connectivity index (χ2n) is 7.86. The molecule has 1 aliphatic heterocycles. The van der Waals surface area contributed by atoms with Crippen molar-refractivity contribution < 1.29 is 9.59 Å². The number of pyridine rings is 1. The number of H-pyrrole nitrogens is 1. The van der Waals surface area contributed by atoms with E-state index in [1.54, 1.807) is 6.20 Å². The molecule has 3 aromatic rings. The molecule has 2 N–H and O–H groups in total. The summed E-state index contributed by atoms with van der Waals surface area (Å²) >= 11 is 0. The fourth-order valence-corrected chi connectivity index (χ4v) is 4.23. The van der Waals surface area contributed by atoms with Gasteiger partial charge in [-0.1, -0.05) is 17.2 Å². The number of likely N-dealkylation sites (tertiary alicyclic amines) is 1. The predicted molar refractivity (Wildman–Crippen MR) is 113 cm³/mol. The van der Waals surface area contributed by atoms with Crippen LogP contribution in [-0.4, -0.2) is 46.3 Å². The lowest BCUT2D eigenvalue weighted by atomic mass is 9.89. The molecule has 4 rings (SSSR count). The van der Waals surface area contributed by atoms with Crippen molar-refractivity contribution in [3.8, 4) is 0 Å². The van der Waals surface area contributed by atoms with E-state index in [2.05, 4.69) is 21.4 Å². The van der Waals surface area contributed by atoms with Crippen molar-refractivity contribution in [3.63, 3.8) is 0 Å². The van der Waals surface area contributed by atoms with Crippen LogP contribution >= 0.6 is 0 Å². The zero-order chi connectivity index (χ0) is 20.4. The molecule has 2 amide bonds. The fraction of sp³-hybridized carbons (Fsp3) is 0.348. The summed E-state index contributed by atoms with van der Waals surface area (Å²) in [5, 5.41) is 3.93. The van der Waals surface area contributed by atoms with Gasteiger partial charge in [-0.2, -0.15) is 0 Å². The number of aromatic nitrogens is 2. The Morgan fingerprint density at radius 3 is 2.62 bits per heavy atom. The number of nitrogens with one attached hydrogen (secondary N) is 2. The number of amides is 2. The summed E-state index contributed by atoms with van der Waals surface area (Å²) in [6, 6.07) is 9.75. The summed E-state index contributed by atoms with van der Waals surface area (Å²) in [5.41, 5.74) is 4.87. The highest BCUT2D eigenvalue weighted by Gasteiger charge is 2.25. The molecule has 0 unspecified atom stereocenters. The van der Waals surface area contributed by atoms with Crippen LogP contribution in [0.3, 0.4) is 0 Å². The van der Waals surface area contributed by atoms with E-state index in [0.29, 0.717) is 24.6 Å². The summed E-state index contributed by atoms with van der Waals surface area (Å²) in [6.07, 6.45) is 5.66. The Balaban J connectivity index is 1.31. The van der Waals surface area contributed by atoms with Crippen LogP contribution < -0.4 is 5.32 Å². The van der Waals surface area contributed by atoms with Crippen LogP contribution in [-0.2, 0) is 4.79 Å². The van der Waals surface area contributed by atoms with Gasteiger partial charge in [0.25, 0.3) is 5.91 Å². The first-order valence-electron chi connectivity index (χ1n) is 10.1. The summed E-state index contributed by atoms with van der Waals surface area (Å²) in [4.78, 5) is 34.4. The molecule has 0 aliphatic carbocycles. The summed E-state index contributed by atoms with van der Waals surface area (Å²) in [5.74, 6) is 0.190. The maximum absolute atomic E-state index is 12.6. The van der Waals surface area contributed by atoms with E-state index in [4.69, 9.17) is 0 Å². The third-order valence-electron chi connectivity index (χ3n) is 5.65. The Morgan fingerprint density at radius 2 is 1.90 bits per heavy atom. The van der Waals surface area contributed by atoms with Crippen molar-refractivity contribution in [2.45, 2.75) is 32.6 Å². The number of benzene rings is 1. The summed E-state index contributed by atoms with van der Waals surface area (Å²) < 4.78 is 0. The van der Waals surface area contributed by atoms with Gasteiger partial charge in [-0.05, 0) is 62.4 Å². The van der Waals surface area contributed by atoms with Gasteiger partial charge in [0.15, 0.2) is 0 Å². The molecule has 0 saturated carbocycles. The van der Waals surface area contributed by atoms with Crippen molar-refractivity contribution in [2.24, 2.45) is 0 Å². The molecule has 0 radical (unpaired) electrons. The Hall–Kier alpha value is -3.15. The largest absolute Gasteiger partial charge is 0.346 e. The van der Waals surface area contributed by atoms with E-state index in [1.165, 1.54) is 5.56 Å². The van der Waals surface area contributed by atoms with Crippen molar-refractivity contribution in [1.82, 2.24) is 20.2 Å². The van der Waals surface area contributed by atoms with Crippen molar-refractivity contribution in [3.05, 3.63) is 65.0 Å². The lowest BCUT2D eigenvalue weighted by molar-refractivity contribution is -0.131. The normalized spacial score (nSPS) is 14.9. The molecule has 3 heterocycles. The van der Waals surface area contributed by atoms with Gasteiger partial charge in [0.05, 0.1) is 6.54 Å². The van der Waals surface area contributed by atoms with Crippen LogP contribution in [0.25, 0.3) is 11.0 Å². The third-order valence-corrected chi connectivity index (χ3v) is 5.65. The lowest BCUT2D eigenvalue weighted by Crippen LogP contribution is -2.43. The highest BCUT2D eigenvalue weighted by atomic mass is 16.2. The molecule has 0 bridgehead atoms. The average molecular weight is 390 g/mol. The standard InChI is InChI=1S/C23H26N4O2/c1-15-10-16(2)12-18(11-15)23(29)26-14-21(28)27-8-5-17(6-9-27)20-13-25-22-19(20)4-3-7-24-22/h3-4,7,10-13,17H,5-6,8-9,14H2,1-2H3,(H,24,25)(H,26,29). The molecular weight excluding hydrogens is 364 g/mol. The number of fused-ring (bicyclic) bond motifs is 1. The second-order valence-corrected chi connectivity index (χ2v) is 7.86. The molecule has 1 fully saturated rings. The van der Waals surface area contributed by atoms with Crippen molar-refractivity contribution in [2.75, 3.05) is 19.6 Å². The Labute approximate surface area is 170 Å². The fourth-order valence-electron chi connectivity index (χ4n) is 4.23. The van der Waals surface area contributed by atoms with E-state index in [0.717, 1.165) is 35.0 Å². The molecule has 29 heavy (non-hydrogen) atoms. The van der Waals surface area contributed by atoms with Crippen molar-refractivity contribution in [1.29, 1.82) is 0 Å². The van der Waals surface area contributed by atoms with E-state index in [9.17, 15) is 9.59 Å². The molecular formula is C23H26N4O2. The first kappa shape index (κ1) is 19.2. The van der Waals surface area contributed by atoms with Crippen LogP contribution in [0.4, 0.5) is 0 Å². The maximum atomic E-state index is 12.6. The number of carbonyl (C=O) groups excluding carboxylic acids is 2. The average Bonchev–Trinajstić information content (AvgIpc) is 3.15. The van der Waals surface area contributed by atoms with Crippen LogP contribution in [0.5, 0.6) is 0 Å². The number of aryl methyl sites for hydroxylation is 2. The molecule has 6 heteroatoms. The predicted octanol–water partition coefficient (Wildman–Crippen LogP) is 3.32. The lowest BCUT2D eigenvalue weighted by Gasteiger charge is -2.32. The SMILES string of the molecule is Cc1cc(C)cc(C(=O)NCC(=O)N2CCC(c3c[nH]c4ncccc34)CC2)c1. The minimum Gasteiger partial charge on any atom is -0.346 e. The Kier molecular flexibility index (Phi) is 5.34. The number of aromatic amines is 1. The van der Waals surface area contributed by atoms with Gasteiger partial charge in [0.1, 0.15) is 5.65 Å². The Bertz CT molecular complexity index is 1030.